The van der Waals surface area contributed by atoms with Crippen molar-refractivity contribution >= 4 is 23.7 Å². The summed E-state index contributed by atoms with van der Waals surface area (Å²) >= 11 is 5.99. The zero-order valence-electron chi connectivity index (χ0n) is 19.7. The van der Waals surface area contributed by atoms with E-state index < -0.39 is 0 Å². The predicted octanol–water partition coefficient (Wildman–Crippen LogP) is 3.90. The van der Waals surface area contributed by atoms with E-state index >= 15 is 0 Å². The maximum Gasteiger partial charge on any atom is 0.321 e. The number of nitrogens with one attached hydrogen (secondary N) is 1. The largest absolute Gasteiger partial charge is 0.424 e. The lowest BCUT2D eigenvalue weighted by atomic mass is 10.0. The van der Waals surface area contributed by atoms with Gasteiger partial charge in [0.05, 0.1) is 24.3 Å². The highest BCUT2D eigenvalue weighted by molar-refractivity contribution is 6.30. The quantitative estimate of drug-likeness (QED) is 0.351. The highest BCUT2D eigenvalue weighted by atomic mass is 35.5. The number of allylic oxidation sites excluding steroid dienone is 1. The number of carbonyl (C=O) groups excluding carboxylic acids is 1. The van der Waals surface area contributed by atoms with E-state index in [1.165, 1.54) is 0 Å². The summed E-state index contributed by atoms with van der Waals surface area (Å²) in [5, 5.41) is 4.09. The summed E-state index contributed by atoms with van der Waals surface area (Å²) in [7, 11) is 4.04. The second-order valence-corrected chi connectivity index (χ2v) is 8.89. The number of aldehydes is 1. The summed E-state index contributed by atoms with van der Waals surface area (Å²) in [6.07, 6.45) is 13.1. The Hall–Kier alpha value is -3.40. The van der Waals surface area contributed by atoms with Gasteiger partial charge in [-0.05, 0) is 57.3 Å². The number of ether oxygens (including phenoxy) is 1. The molecule has 1 fully saturated rings. The first-order valence-electron chi connectivity index (χ1n) is 11.4. The van der Waals surface area contributed by atoms with Gasteiger partial charge in [-0.3, -0.25) is 19.6 Å². The molecule has 0 unspecified atom stereocenters. The van der Waals surface area contributed by atoms with Crippen LogP contribution < -0.4 is 10.1 Å². The van der Waals surface area contributed by atoms with Gasteiger partial charge in [-0.25, -0.2) is 15.0 Å². The summed E-state index contributed by atoms with van der Waals surface area (Å²) in [5.74, 6) is 1.28. The van der Waals surface area contributed by atoms with Gasteiger partial charge >= 0.3 is 6.01 Å². The molecular formula is C25H28ClN7O2. The van der Waals surface area contributed by atoms with Gasteiger partial charge in [-0.1, -0.05) is 17.7 Å². The molecule has 0 aliphatic carbocycles. The van der Waals surface area contributed by atoms with Crippen molar-refractivity contribution in [1.82, 2.24) is 29.7 Å². The summed E-state index contributed by atoms with van der Waals surface area (Å²) in [4.78, 5) is 32.8. The number of rotatable bonds is 9. The molecule has 1 aliphatic heterocycles. The zero-order valence-corrected chi connectivity index (χ0v) is 20.5. The number of likely N-dealkylation sites (tertiary alicyclic amines) is 1. The van der Waals surface area contributed by atoms with Crippen LogP contribution in [0.2, 0.25) is 5.02 Å². The van der Waals surface area contributed by atoms with E-state index in [4.69, 9.17) is 21.3 Å². The Bertz CT molecular complexity index is 1150. The third-order valence-corrected chi connectivity index (χ3v) is 5.95. The lowest BCUT2D eigenvalue weighted by Gasteiger charge is -2.39. The predicted molar refractivity (Wildman–Crippen MR) is 135 cm³/mol. The van der Waals surface area contributed by atoms with Crippen LogP contribution in [0, 0.1) is 0 Å². The van der Waals surface area contributed by atoms with E-state index in [9.17, 15) is 4.79 Å². The van der Waals surface area contributed by atoms with E-state index in [1.807, 2.05) is 20.2 Å². The number of benzene rings is 1. The summed E-state index contributed by atoms with van der Waals surface area (Å²) in [6, 6.07) is 7.58. The van der Waals surface area contributed by atoms with E-state index in [-0.39, 0.29) is 12.2 Å². The number of piperidine rings is 1. The van der Waals surface area contributed by atoms with Crippen molar-refractivity contribution < 1.29 is 9.53 Å². The molecule has 182 valence electrons. The highest BCUT2D eigenvalue weighted by Crippen LogP contribution is 2.24. The minimum Gasteiger partial charge on any atom is -0.424 e. The lowest BCUT2D eigenvalue weighted by Crippen LogP contribution is -2.49. The molecule has 3 aromatic rings. The van der Waals surface area contributed by atoms with Crippen LogP contribution in [-0.2, 0) is 4.79 Å². The van der Waals surface area contributed by atoms with Crippen LogP contribution in [-0.4, -0.2) is 75.4 Å². The molecule has 1 aromatic carbocycles. The first kappa shape index (κ1) is 24.7. The van der Waals surface area contributed by atoms with Crippen molar-refractivity contribution in [3.8, 4) is 23.0 Å². The van der Waals surface area contributed by atoms with Crippen LogP contribution in [0.25, 0.3) is 11.3 Å². The number of hydrogen-bond donors (Lipinski definition) is 1. The van der Waals surface area contributed by atoms with Crippen LogP contribution in [0.3, 0.4) is 0 Å². The van der Waals surface area contributed by atoms with Gasteiger partial charge in [-0.15, -0.1) is 0 Å². The Morgan fingerprint density at radius 3 is 2.63 bits per heavy atom. The van der Waals surface area contributed by atoms with Gasteiger partial charge < -0.3 is 10.1 Å². The Morgan fingerprint density at radius 1 is 1.17 bits per heavy atom. The summed E-state index contributed by atoms with van der Waals surface area (Å²) in [6.45, 7) is 1.83. The number of carbonyl (C=O) groups is 1. The Kier molecular flexibility index (Phi) is 8.36. The van der Waals surface area contributed by atoms with Crippen LogP contribution >= 0.6 is 11.6 Å². The van der Waals surface area contributed by atoms with Gasteiger partial charge in [-0.2, -0.15) is 0 Å². The van der Waals surface area contributed by atoms with Crippen LogP contribution in [0.1, 0.15) is 12.8 Å². The first-order chi connectivity index (χ1) is 17.0. The third kappa shape index (κ3) is 6.82. The molecule has 0 bridgehead atoms. The number of halogens is 1. The van der Waals surface area contributed by atoms with Crippen molar-refractivity contribution in [3.63, 3.8) is 0 Å². The molecule has 1 saturated heterocycles. The van der Waals surface area contributed by atoms with Crippen molar-refractivity contribution in [3.05, 3.63) is 66.2 Å². The SMILES string of the molecule is CN(C)[C@H](/C=C/C=O)N1CCC(Nc2cncc(-c3cnc(Oc4cccc(Cl)c4)nc3)n2)CC1. The highest BCUT2D eigenvalue weighted by Gasteiger charge is 2.25. The molecule has 1 atom stereocenters. The Labute approximate surface area is 209 Å². The second kappa shape index (κ2) is 11.8. The molecule has 3 heterocycles. The van der Waals surface area contributed by atoms with E-state index in [1.54, 1.807) is 55.1 Å². The molecule has 0 spiro atoms. The van der Waals surface area contributed by atoms with Crippen molar-refractivity contribution in [2.24, 2.45) is 0 Å². The maximum absolute atomic E-state index is 10.7. The average molecular weight is 494 g/mol. The maximum atomic E-state index is 10.7. The fourth-order valence-electron chi connectivity index (χ4n) is 3.99. The average Bonchev–Trinajstić information content (AvgIpc) is 2.86. The van der Waals surface area contributed by atoms with E-state index in [2.05, 4.69) is 30.1 Å². The smallest absolute Gasteiger partial charge is 0.321 e. The topological polar surface area (TPSA) is 96.4 Å². The molecular weight excluding hydrogens is 466 g/mol. The number of aromatic nitrogens is 4. The van der Waals surface area contributed by atoms with Crippen LogP contribution in [0.5, 0.6) is 11.8 Å². The minimum absolute atomic E-state index is 0.107. The second-order valence-electron chi connectivity index (χ2n) is 8.46. The number of likely N-dealkylation sites (N-methyl/N-ethyl adjacent to an activating group) is 1. The monoisotopic (exact) mass is 493 g/mol. The Balaban J connectivity index is 1.35. The molecule has 4 rings (SSSR count). The van der Waals surface area contributed by atoms with Crippen molar-refractivity contribution in [2.45, 2.75) is 25.0 Å². The van der Waals surface area contributed by atoms with Crippen LogP contribution in [0.4, 0.5) is 5.82 Å². The van der Waals surface area contributed by atoms with Gasteiger partial charge in [0, 0.05) is 42.1 Å². The standard InChI is InChI=1S/C25H28ClN7O2/c1-32(2)24(7-4-12-34)33-10-8-20(9-11-33)30-23-17-27-16-22(31-23)18-14-28-25(29-15-18)35-21-6-3-5-19(26)13-21/h3-7,12-17,20,24H,8-11H2,1-2H3,(H,30,31)/b7-4+/t24-/m0/s1. The molecule has 0 amide bonds. The van der Waals surface area contributed by atoms with Gasteiger partial charge in [0.1, 0.15) is 17.9 Å². The minimum atomic E-state index is 0.107. The van der Waals surface area contributed by atoms with Crippen molar-refractivity contribution in [1.29, 1.82) is 0 Å². The zero-order chi connectivity index (χ0) is 24.6. The van der Waals surface area contributed by atoms with E-state index in [0.717, 1.165) is 37.8 Å². The summed E-state index contributed by atoms with van der Waals surface area (Å²) < 4.78 is 5.65. The fraction of sp³-hybridized carbons (Fsp3) is 0.320. The van der Waals surface area contributed by atoms with Gasteiger partial charge in [0.25, 0.3) is 0 Å². The molecule has 0 radical (unpaired) electrons. The molecule has 1 aliphatic rings. The molecule has 9 nitrogen and oxygen atoms in total. The summed E-state index contributed by atoms with van der Waals surface area (Å²) in [5.41, 5.74) is 1.42. The first-order valence-corrected chi connectivity index (χ1v) is 11.8. The normalized spacial score (nSPS) is 15.9. The van der Waals surface area contributed by atoms with E-state index in [0.29, 0.717) is 28.3 Å². The molecule has 10 heteroatoms. The van der Waals surface area contributed by atoms with Crippen LogP contribution in [0.15, 0.2) is 61.2 Å². The molecule has 2 aromatic heterocycles. The lowest BCUT2D eigenvalue weighted by molar-refractivity contribution is -0.104. The molecule has 0 saturated carbocycles. The number of hydrogen-bond acceptors (Lipinski definition) is 9. The third-order valence-electron chi connectivity index (χ3n) is 5.71. The molecule has 35 heavy (non-hydrogen) atoms. The fourth-order valence-corrected chi connectivity index (χ4v) is 4.17. The van der Waals surface area contributed by atoms with Crippen molar-refractivity contribution in [2.75, 3.05) is 32.5 Å². The molecule has 1 N–H and O–H groups in total. The Morgan fingerprint density at radius 2 is 1.94 bits per heavy atom. The number of anilines is 1. The van der Waals surface area contributed by atoms with Gasteiger partial charge in [0.2, 0.25) is 0 Å². The van der Waals surface area contributed by atoms with Gasteiger partial charge in [0.15, 0.2) is 0 Å². The number of nitrogens with zero attached hydrogens (tertiary/aromatic N) is 6.